The van der Waals surface area contributed by atoms with E-state index in [0.29, 0.717) is 23.5 Å². The first-order valence-electron chi connectivity index (χ1n) is 12.7. The van der Waals surface area contributed by atoms with E-state index in [1.165, 1.54) is 11.8 Å². The first kappa shape index (κ1) is 26.1. The summed E-state index contributed by atoms with van der Waals surface area (Å²) in [6.07, 6.45) is 0. The molecule has 0 fully saturated rings. The van der Waals surface area contributed by atoms with Crippen LogP contribution in [0.3, 0.4) is 0 Å². The smallest absolute Gasteiger partial charge is 0.255 e. The standard InChI is InChI=1S/C33H28N2O3S/c1-2-38-29-18-14-27(15-19-29)35-33(37)31(24-9-4-3-5-10-24)39-30-20-16-28(17-21-30)34-32(36)26-13-12-23-8-6-7-11-25(23)22-26/h3-22,31H,2H2,1H3,(H,34,36)(H,35,37). The fourth-order valence-corrected chi connectivity index (χ4v) is 5.22. The molecule has 0 radical (unpaired) electrons. The molecule has 1 unspecified atom stereocenters. The second-order valence-electron chi connectivity index (χ2n) is 8.90. The Morgan fingerprint density at radius 3 is 2.08 bits per heavy atom. The highest BCUT2D eigenvalue weighted by atomic mass is 32.2. The third kappa shape index (κ3) is 6.67. The van der Waals surface area contributed by atoms with Gasteiger partial charge < -0.3 is 15.4 Å². The molecule has 5 nitrogen and oxygen atoms in total. The second kappa shape index (κ2) is 12.3. The van der Waals surface area contributed by atoms with Crippen molar-refractivity contribution in [3.05, 3.63) is 132 Å². The average Bonchev–Trinajstić information content (AvgIpc) is 2.98. The Balaban J connectivity index is 1.28. The zero-order valence-electron chi connectivity index (χ0n) is 21.5. The molecule has 0 aliphatic heterocycles. The lowest BCUT2D eigenvalue weighted by Gasteiger charge is -2.17. The van der Waals surface area contributed by atoms with Crippen LogP contribution in [0.1, 0.15) is 28.1 Å². The number of carbonyl (C=O) groups is 2. The van der Waals surface area contributed by atoms with Gasteiger partial charge in [-0.2, -0.15) is 0 Å². The predicted molar refractivity (Wildman–Crippen MR) is 160 cm³/mol. The van der Waals surface area contributed by atoms with Crippen LogP contribution in [0.2, 0.25) is 0 Å². The second-order valence-corrected chi connectivity index (χ2v) is 10.1. The molecule has 0 bridgehead atoms. The molecular weight excluding hydrogens is 504 g/mol. The number of hydrogen-bond donors (Lipinski definition) is 2. The van der Waals surface area contributed by atoms with E-state index in [1.807, 2.05) is 128 Å². The number of ether oxygens (including phenoxy) is 1. The average molecular weight is 533 g/mol. The summed E-state index contributed by atoms with van der Waals surface area (Å²) in [4.78, 5) is 27.1. The number of anilines is 2. The molecule has 39 heavy (non-hydrogen) atoms. The molecule has 0 aromatic heterocycles. The van der Waals surface area contributed by atoms with Gasteiger partial charge in [-0.3, -0.25) is 9.59 Å². The maximum atomic E-state index is 13.4. The molecule has 0 heterocycles. The molecule has 0 aliphatic rings. The minimum atomic E-state index is -0.462. The van der Waals surface area contributed by atoms with Crippen LogP contribution in [-0.4, -0.2) is 18.4 Å². The fraction of sp³-hybridized carbons (Fsp3) is 0.0909. The van der Waals surface area contributed by atoms with E-state index in [2.05, 4.69) is 10.6 Å². The third-order valence-corrected chi connectivity index (χ3v) is 7.42. The molecule has 0 aliphatic carbocycles. The lowest BCUT2D eigenvalue weighted by atomic mass is 10.1. The van der Waals surface area contributed by atoms with Crippen LogP contribution < -0.4 is 15.4 Å². The molecule has 5 aromatic carbocycles. The van der Waals surface area contributed by atoms with Gasteiger partial charge in [-0.1, -0.05) is 60.7 Å². The Morgan fingerprint density at radius 1 is 0.718 bits per heavy atom. The highest BCUT2D eigenvalue weighted by molar-refractivity contribution is 8.00. The lowest BCUT2D eigenvalue weighted by molar-refractivity contribution is -0.115. The van der Waals surface area contributed by atoms with Crippen molar-refractivity contribution in [1.82, 2.24) is 0 Å². The van der Waals surface area contributed by atoms with Crippen LogP contribution in [-0.2, 0) is 4.79 Å². The highest BCUT2D eigenvalue weighted by Gasteiger charge is 2.22. The van der Waals surface area contributed by atoms with Crippen molar-refractivity contribution < 1.29 is 14.3 Å². The summed E-state index contributed by atoms with van der Waals surface area (Å²) < 4.78 is 5.49. The molecule has 194 valence electrons. The van der Waals surface area contributed by atoms with Gasteiger partial charge in [-0.05, 0) is 83.9 Å². The van der Waals surface area contributed by atoms with Gasteiger partial charge in [0.1, 0.15) is 11.0 Å². The molecule has 2 amide bonds. The van der Waals surface area contributed by atoms with Crippen LogP contribution in [0.25, 0.3) is 10.8 Å². The Morgan fingerprint density at radius 2 is 1.36 bits per heavy atom. The first-order valence-corrected chi connectivity index (χ1v) is 13.6. The van der Waals surface area contributed by atoms with E-state index in [1.54, 1.807) is 0 Å². The van der Waals surface area contributed by atoms with Gasteiger partial charge in [0.25, 0.3) is 5.91 Å². The van der Waals surface area contributed by atoms with Crippen molar-refractivity contribution in [1.29, 1.82) is 0 Å². The van der Waals surface area contributed by atoms with E-state index < -0.39 is 5.25 Å². The molecule has 6 heteroatoms. The van der Waals surface area contributed by atoms with Crippen LogP contribution in [0, 0.1) is 0 Å². The van der Waals surface area contributed by atoms with E-state index in [9.17, 15) is 9.59 Å². The van der Waals surface area contributed by atoms with Crippen molar-refractivity contribution in [2.24, 2.45) is 0 Å². The zero-order valence-corrected chi connectivity index (χ0v) is 22.3. The number of thioether (sulfide) groups is 1. The lowest BCUT2D eigenvalue weighted by Crippen LogP contribution is -2.19. The van der Waals surface area contributed by atoms with Gasteiger partial charge in [0.2, 0.25) is 5.91 Å². The summed E-state index contributed by atoms with van der Waals surface area (Å²) in [5.41, 5.74) is 2.89. The van der Waals surface area contributed by atoms with E-state index >= 15 is 0 Å². The topological polar surface area (TPSA) is 67.4 Å². The number of benzene rings is 5. The quantitative estimate of drug-likeness (QED) is 0.189. The first-order chi connectivity index (χ1) is 19.1. The molecule has 5 rings (SSSR count). The summed E-state index contributed by atoms with van der Waals surface area (Å²) in [7, 11) is 0. The number of rotatable bonds is 9. The molecule has 5 aromatic rings. The number of amides is 2. The number of carbonyl (C=O) groups excluding carboxylic acids is 2. The Hall–Kier alpha value is -4.55. The highest BCUT2D eigenvalue weighted by Crippen LogP contribution is 2.37. The maximum Gasteiger partial charge on any atom is 0.255 e. The van der Waals surface area contributed by atoms with Gasteiger partial charge in [0.05, 0.1) is 6.61 Å². The minimum absolute atomic E-state index is 0.121. The molecule has 0 saturated heterocycles. The maximum absolute atomic E-state index is 13.4. The van der Waals surface area contributed by atoms with Gasteiger partial charge in [0, 0.05) is 21.8 Å². The molecular formula is C33H28N2O3S. The Kier molecular flexibility index (Phi) is 8.24. The number of fused-ring (bicyclic) bond motifs is 1. The molecule has 1 atom stereocenters. The zero-order chi connectivity index (χ0) is 27.0. The third-order valence-electron chi connectivity index (χ3n) is 6.15. The van der Waals surface area contributed by atoms with Crippen LogP contribution in [0.15, 0.2) is 126 Å². The number of hydrogen-bond acceptors (Lipinski definition) is 4. The van der Waals surface area contributed by atoms with Crippen molar-refractivity contribution in [3.8, 4) is 5.75 Å². The van der Waals surface area contributed by atoms with Crippen molar-refractivity contribution in [2.75, 3.05) is 17.2 Å². The normalized spacial score (nSPS) is 11.5. The van der Waals surface area contributed by atoms with Crippen molar-refractivity contribution in [3.63, 3.8) is 0 Å². The van der Waals surface area contributed by atoms with E-state index in [4.69, 9.17) is 4.74 Å². The summed E-state index contributed by atoms with van der Waals surface area (Å²) in [5, 5.41) is 7.64. The van der Waals surface area contributed by atoms with Gasteiger partial charge in [-0.15, -0.1) is 11.8 Å². The molecule has 2 N–H and O–H groups in total. The van der Waals surface area contributed by atoms with Crippen LogP contribution >= 0.6 is 11.8 Å². The Labute approximate surface area is 232 Å². The fourth-order valence-electron chi connectivity index (χ4n) is 4.20. The molecule has 0 saturated carbocycles. The van der Waals surface area contributed by atoms with E-state index in [0.717, 1.165) is 27.0 Å². The largest absolute Gasteiger partial charge is 0.494 e. The van der Waals surface area contributed by atoms with Gasteiger partial charge in [0.15, 0.2) is 0 Å². The van der Waals surface area contributed by atoms with Gasteiger partial charge in [-0.25, -0.2) is 0 Å². The van der Waals surface area contributed by atoms with Crippen LogP contribution in [0.4, 0.5) is 11.4 Å². The Bertz CT molecular complexity index is 1570. The SMILES string of the molecule is CCOc1ccc(NC(=O)C(Sc2ccc(NC(=O)c3ccc4ccccc4c3)cc2)c2ccccc2)cc1. The number of nitrogens with one attached hydrogen (secondary N) is 2. The summed E-state index contributed by atoms with van der Waals surface area (Å²) in [6, 6.07) is 38.2. The van der Waals surface area contributed by atoms with Crippen LogP contribution in [0.5, 0.6) is 5.75 Å². The monoisotopic (exact) mass is 532 g/mol. The minimum Gasteiger partial charge on any atom is -0.494 e. The molecule has 0 spiro atoms. The summed E-state index contributed by atoms with van der Waals surface area (Å²) in [6.45, 7) is 2.52. The van der Waals surface area contributed by atoms with Gasteiger partial charge >= 0.3 is 0 Å². The van der Waals surface area contributed by atoms with Crippen molar-refractivity contribution >= 4 is 45.7 Å². The van der Waals surface area contributed by atoms with Crippen molar-refractivity contribution in [2.45, 2.75) is 17.1 Å². The summed E-state index contributed by atoms with van der Waals surface area (Å²) in [5.74, 6) is 0.472. The predicted octanol–water partition coefficient (Wildman–Crippen LogP) is 7.96. The summed E-state index contributed by atoms with van der Waals surface area (Å²) >= 11 is 1.46. The van der Waals surface area contributed by atoms with E-state index in [-0.39, 0.29) is 11.8 Å².